The summed E-state index contributed by atoms with van der Waals surface area (Å²) >= 11 is 0. The van der Waals surface area contributed by atoms with Gasteiger partial charge in [0.25, 0.3) is 0 Å². The molecule has 1 aliphatic carbocycles. The largest absolute Gasteiger partial charge is 0.447 e. The van der Waals surface area contributed by atoms with Crippen LogP contribution in [0.1, 0.15) is 52.4 Å². The van der Waals surface area contributed by atoms with Gasteiger partial charge in [-0.25, -0.2) is 14.0 Å². The maximum Gasteiger partial charge on any atom is 0.412 e. The Bertz CT molecular complexity index is 882. The molecule has 5 aliphatic rings. The number of anilines is 2. The topological polar surface area (TPSA) is 80.3 Å². The molecule has 0 aromatic heterocycles. The minimum atomic E-state index is -0.620. The van der Waals surface area contributed by atoms with Crippen molar-refractivity contribution in [3.8, 4) is 0 Å². The van der Waals surface area contributed by atoms with E-state index < -0.39 is 11.9 Å². The van der Waals surface area contributed by atoms with Gasteiger partial charge in [-0.2, -0.15) is 0 Å². The van der Waals surface area contributed by atoms with Gasteiger partial charge < -0.3 is 19.1 Å². The molecule has 1 aromatic carbocycles. The summed E-state index contributed by atoms with van der Waals surface area (Å²) in [7, 11) is 0. The molecule has 0 spiro atoms. The van der Waals surface area contributed by atoms with Crippen molar-refractivity contribution >= 4 is 23.6 Å². The van der Waals surface area contributed by atoms with E-state index in [0.29, 0.717) is 30.4 Å². The number of piperidine rings is 2. The molecule has 4 saturated heterocycles. The lowest BCUT2D eigenvalue weighted by Crippen LogP contribution is -2.63. The predicted octanol–water partition coefficient (Wildman–Crippen LogP) is 4.49. The van der Waals surface area contributed by atoms with Gasteiger partial charge in [0.2, 0.25) is 0 Å². The van der Waals surface area contributed by atoms with Crippen molar-refractivity contribution in [2.45, 2.75) is 83.0 Å². The Balaban J connectivity index is 1.19. The van der Waals surface area contributed by atoms with E-state index in [4.69, 9.17) is 14.2 Å². The van der Waals surface area contributed by atoms with E-state index >= 15 is 0 Å². The molecule has 9 heteroatoms. The van der Waals surface area contributed by atoms with Crippen LogP contribution in [0.15, 0.2) is 18.2 Å². The second-order valence-electron chi connectivity index (χ2n) is 9.92. The van der Waals surface area contributed by atoms with Crippen molar-refractivity contribution < 1.29 is 28.2 Å². The zero-order valence-electron chi connectivity index (χ0n) is 19.2. The van der Waals surface area contributed by atoms with Crippen molar-refractivity contribution in [3.63, 3.8) is 0 Å². The minimum absolute atomic E-state index is 0.159. The fourth-order valence-corrected chi connectivity index (χ4v) is 5.78. The van der Waals surface area contributed by atoms with Gasteiger partial charge in [-0.1, -0.05) is 0 Å². The molecule has 33 heavy (non-hydrogen) atoms. The summed E-state index contributed by atoms with van der Waals surface area (Å²) in [5.74, 6) is 0.219. The zero-order valence-corrected chi connectivity index (χ0v) is 19.2. The highest BCUT2D eigenvalue weighted by Crippen LogP contribution is 2.45. The van der Waals surface area contributed by atoms with Gasteiger partial charge in [-0.3, -0.25) is 10.2 Å². The van der Waals surface area contributed by atoms with Crippen LogP contribution < -0.4 is 10.2 Å². The summed E-state index contributed by atoms with van der Waals surface area (Å²) in [6, 6.07) is 4.78. The van der Waals surface area contributed by atoms with Crippen LogP contribution >= 0.6 is 0 Å². The molecule has 4 aliphatic heterocycles. The number of carbonyl (C=O) groups excluding carboxylic acids is 2. The summed E-state index contributed by atoms with van der Waals surface area (Å²) in [6.45, 7) is 4.60. The van der Waals surface area contributed by atoms with Crippen LogP contribution in [-0.2, 0) is 14.2 Å². The average Bonchev–Trinajstić information content (AvgIpc) is 2.72. The van der Waals surface area contributed by atoms with E-state index in [1.807, 2.05) is 9.80 Å². The van der Waals surface area contributed by atoms with Crippen molar-refractivity contribution in [1.82, 2.24) is 4.90 Å². The van der Waals surface area contributed by atoms with Crippen molar-refractivity contribution in [2.24, 2.45) is 5.92 Å². The smallest absolute Gasteiger partial charge is 0.412 e. The summed E-state index contributed by atoms with van der Waals surface area (Å²) in [5.41, 5.74) is 0.758. The molecule has 5 unspecified atom stereocenters. The number of halogens is 1. The third kappa shape index (κ3) is 4.74. The minimum Gasteiger partial charge on any atom is -0.447 e. The Hall–Kier alpha value is -2.55. The number of rotatable bonds is 4. The van der Waals surface area contributed by atoms with Gasteiger partial charge >= 0.3 is 12.2 Å². The molecule has 0 radical (unpaired) electrons. The molecule has 1 N–H and O–H groups in total. The van der Waals surface area contributed by atoms with E-state index in [-0.39, 0.29) is 36.7 Å². The van der Waals surface area contributed by atoms with Crippen LogP contribution in [-0.4, -0.2) is 60.8 Å². The average molecular weight is 462 g/mol. The van der Waals surface area contributed by atoms with E-state index in [1.165, 1.54) is 6.07 Å². The Morgan fingerprint density at radius 1 is 1.21 bits per heavy atom. The molecule has 180 valence electrons. The van der Waals surface area contributed by atoms with Crippen LogP contribution in [0, 0.1) is 11.7 Å². The first-order valence-electron chi connectivity index (χ1n) is 12.0. The Labute approximate surface area is 193 Å². The molecular weight excluding hydrogens is 429 g/mol. The molecule has 5 atom stereocenters. The lowest BCUT2D eigenvalue weighted by molar-refractivity contribution is -0.220. The van der Waals surface area contributed by atoms with Crippen LogP contribution in [0.4, 0.5) is 25.4 Å². The Kier molecular flexibility index (Phi) is 6.07. The van der Waals surface area contributed by atoms with Gasteiger partial charge in [0.05, 0.1) is 24.4 Å². The van der Waals surface area contributed by atoms with Crippen molar-refractivity contribution in [3.05, 3.63) is 24.0 Å². The number of hydrogen-bond acceptors (Lipinski definition) is 6. The van der Waals surface area contributed by atoms with Gasteiger partial charge in [0.1, 0.15) is 18.1 Å². The number of ether oxygens (including phenoxy) is 3. The highest BCUT2D eigenvalue weighted by Gasteiger charge is 2.50. The summed E-state index contributed by atoms with van der Waals surface area (Å²) in [5, 5.41) is 2.53. The number of carbonyl (C=O) groups is 2. The van der Waals surface area contributed by atoms with Gasteiger partial charge in [0.15, 0.2) is 0 Å². The maximum atomic E-state index is 14.9. The molecule has 2 amide bonds. The van der Waals surface area contributed by atoms with E-state index in [1.54, 1.807) is 26.0 Å². The van der Waals surface area contributed by atoms with Crippen LogP contribution in [0.5, 0.6) is 0 Å². The third-order valence-corrected chi connectivity index (χ3v) is 7.06. The second kappa shape index (κ2) is 9.00. The quantitative estimate of drug-likeness (QED) is 0.712. The normalized spacial score (nSPS) is 30.5. The zero-order chi connectivity index (χ0) is 23.1. The van der Waals surface area contributed by atoms with Gasteiger partial charge in [-0.05, 0) is 76.5 Å². The van der Waals surface area contributed by atoms with Gasteiger partial charge in [0, 0.05) is 18.3 Å². The predicted molar refractivity (Wildman–Crippen MR) is 120 cm³/mol. The first kappa shape index (κ1) is 22.3. The first-order chi connectivity index (χ1) is 15.9. The van der Waals surface area contributed by atoms with Crippen LogP contribution in [0.2, 0.25) is 0 Å². The first-order valence-corrected chi connectivity index (χ1v) is 12.0. The SMILES string of the molecule is CC(C)OC(=O)Nc1ccc(N2CCCC(OC(=O)N3C4CC5CC(C4)OC3C5)C2)c(F)c1. The van der Waals surface area contributed by atoms with Crippen LogP contribution in [0.25, 0.3) is 0 Å². The van der Waals surface area contributed by atoms with E-state index in [9.17, 15) is 14.0 Å². The standard InChI is InChI=1S/C24H32FN3O5/c1-14(2)31-23(29)26-16-5-6-21(20(25)11-16)27-7-3-4-18(13-27)33-24(30)28-17-8-15-9-19(12-17)32-22(28)10-15/h5-6,11,14-15,17-19,22H,3-4,7-10,12-13H2,1-2H3,(H,26,29). The number of nitrogens with zero attached hydrogens (tertiary/aromatic N) is 2. The number of amides is 2. The van der Waals surface area contributed by atoms with E-state index in [2.05, 4.69) is 5.32 Å². The molecule has 1 saturated carbocycles. The summed E-state index contributed by atoms with van der Waals surface area (Å²) in [4.78, 5) is 28.5. The van der Waals surface area contributed by atoms with Crippen molar-refractivity contribution in [1.29, 1.82) is 0 Å². The number of nitrogens with one attached hydrogen (secondary N) is 1. The Morgan fingerprint density at radius 2 is 2.06 bits per heavy atom. The van der Waals surface area contributed by atoms with Gasteiger partial charge in [-0.15, -0.1) is 0 Å². The molecule has 5 fully saturated rings. The molecule has 1 aromatic rings. The maximum absolute atomic E-state index is 14.9. The molecule has 4 heterocycles. The summed E-state index contributed by atoms with van der Waals surface area (Å²) < 4.78 is 31.8. The highest BCUT2D eigenvalue weighted by molar-refractivity contribution is 5.85. The number of benzene rings is 1. The van der Waals surface area contributed by atoms with Crippen LogP contribution in [0.3, 0.4) is 0 Å². The van der Waals surface area contributed by atoms with Crippen molar-refractivity contribution in [2.75, 3.05) is 23.3 Å². The lowest BCUT2D eigenvalue weighted by Gasteiger charge is -2.55. The fraction of sp³-hybridized carbons (Fsp3) is 0.667. The summed E-state index contributed by atoms with van der Waals surface area (Å²) in [6.07, 6.45) is 4.14. The second-order valence-corrected chi connectivity index (χ2v) is 9.92. The highest BCUT2D eigenvalue weighted by atomic mass is 19.1. The molecular formula is C24H32FN3O5. The molecule has 6 rings (SSSR count). The molecule has 8 nitrogen and oxygen atoms in total. The number of hydrogen-bond donors (Lipinski definition) is 1. The Morgan fingerprint density at radius 3 is 2.79 bits per heavy atom. The molecule has 4 bridgehead atoms. The van der Waals surface area contributed by atoms with E-state index in [0.717, 1.165) is 38.5 Å². The monoisotopic (exact) mass is 461 g/mol. The third-order valence-electron chi connectivity index (χ3n) is 7.06. The lowest BCUT2D eigenvalue weighted by atomic mass is 9.75. The fourth-order valence-electron chi connectivity index (χ4n) is 5.78.